The van der Waals surface area contributed by atoms with E-state index in [-0.39, 0.29) is 0 Å². The predicted octanol–water partition coefficient (Wildman–Crippen LogP) is 2.58. The number of methoxy groups -OCH3 is 1. The summed E-state index contributed by atoms with van der Waals surface area (Å²) in [7, 11) is 3.70. The van der Waals surface area contributed by atoms with Gasteiger partial charge in [0.2, 0.25) is 0 Å². The van der Waals surface area contributed by atoms with E-state index in [9.17, 15) is 0 Å². The summed E-state index contributed by atoms with van der Waals surface area (Å²) in [4.78, 5) is 0. The molecule has 0 saturated heterocycles. The van der Waals surface area contributed by atoms with Gasteiger partial charge in [-0.1, -0.05) is 19.1 Å². The van der Waals surface area contributed by atoms with Crippen LogP contribution in [0, 0.1) is 0 Å². The molecule has 0 bridgehead atoms. The van der Waals surface area contributed by atoms with Gasteiger partial charge in [0.25, 0.3) is 0 Å². The van der Waals surface area contributed by atoms with Crippen molar-refractivity contribution in [3.8, 4) is 5.75 Å². The average Bonchev–Trinajstić information content (AvgIpc) is 2.91. The largest absolute Gasteiger partial charge is 0.497 e. The Kier molecular flexibility index (Phi) is 5.81. The summed E-state index contributed by atoms with van der Waals surface area (Å²) in [5.41, 5.74) is 2.62. The van der Waals surface area contributed by atoms with Crippen molar-refractivity contribution in [2.24, 2.45) is 7.05 Å². The van der Waals surface area contributed by atoms with Crippen LogP contribution in [0.4, 0.5) is 0 Å². The normalized spacial score (nSPS) is 12.3. The van der Waals surface area contributed by atoms with Crippen LogP contribution >= 0.6 is 0 Å². The number of likely N-dealkylation sites (N-methyl/N-ethyl adjacent to an activating group) is 1. The van der Waals surface area contributed by atoms with Gasteiger partial charge in [-0.25, -0.2) is 0 Å². The van der Waals surface area contributed by atoms with Crippen molar-refractivity contribution in [3.05, 3.63) is 47.8 Å². The van der Waals surface area contributed by atoms with Gasteiger partial charge in [-0.2, -0.15) is 5.10 Å². The molecule has 2 aromatic rings. The van der Waals surface area contributed by atoms with Gasteiger partial charge >= 0.3 is 0 Å². The lowest BCUT2D eigenvalue weighted by molar-refractivity contribution is 0.414. The summed E-state index contributed by atoms with van der Waals surface area (Å²) in [6, 6.07) is 10.9. The molecule has 21 heavy (non-hydrogen) atoms. The summed E-state index contributed by atoms with van der Waals surface area (Å²) in [6.45, 7) is 3.15. The Morgan fingerprint density at radius 3 is 2.57 bits per heavy atom. The van der Waals surface area contributed by atoms with Gasteiger partial charge in [0.05, 0.1) is 7.11 Å². The molecule has 2 rings (SSSR count). The topological polar surface area (TPSA) is 39.1 Å². The second kappa shape index (κ2) is 7.84. The Hall–Kier alpha value is -1.81. The van der Waals surface area contributed by atoms with Crippen LogP contribution in [-0.2, 0) is 19.9 Å². The minimum Gasteiger partial charge on any atom is -0.497 e. The van der Waals surface area contributed by atoms with Crippen molar-refractivity contribution in [2.75, 3.05) is 13.7 Å². The van der Waals surface area contributed by atoms with Crippen molar-refractivity contribution in [2.45, 2.75) is 32.2 Å². The Bertz CT molecular complexity index is 533. The Morgan fingerprint density at radius 2 is 2.00 bits per heavy atom. The Morgan fingerprint density at radius 1 is 1.24 bits per heavy atom. The fourth-order valence-corrected chi connectivity index (χ4v) is 2.58. The van der Waals surface area contributed by atoms with E-state index in [2.05, 4.69) is 35.5 Å². The van der Waals surface area contributed by atoms with Crippen molar-refractivity contribution in [3.63, 3.8) is 0 Å². The van der Waals surface area contributed by atoms with Gasteiger partial charge in [-0.05, 0) is 49.6 Å². The van der Waals surface area contributed by atoms with Crippen LogP contribution in [0.2, 0.25) is 0 Å². The number of aryl methyl sites for hydroxylation is 2. The number of nitrogens with one attached hydrogen (secondary N) is 1. The summed E-state index contributed by atoms with van der Waals surface area (Å²) in [5.74, 6) is 0.911. The molecule has 0 fully saturated rings. The van der Waals surface area contributed by atoms with E-state index in [1.165, 1.54) is 11.3 Å². The first-order chi connectivity index (χ1) is 10.2. The zero-order chi connectivity index (χ0) is 15.1. The summed E-state index contributed by atoms with van der Waals surface area (Å²) in [6.07, 6.45) is 5.06. The third kappa shape index (κ3) is 4.60. The van der Waals surface area contributed by atoms with Crippen LogP contribution < -0.4 is 10.1 Å². The lowest BCUT2D eigenvalue weighted by Crippen LogP contribution is -2.31. The third-order valence-electron chi connectivity index (χ3n) is 3.81. The molecule has 4 heteroatoms. The van der Waals surface area contributed by atoms with Gasteiger partial charge in [0, 0.05) is 25.0 Å². The van der Waals surface area contributed by atoms with Crippen LogP contribution in [0.15, 0.2) is 36.5 Å². The van der Waals surface area contributed by atoms with E-state index < -0.39 is 0 Å². The van der Waals surface area contributed by atoms with Gasteiger partial charge in [0.15, 0.2) is 0 Å². The zero-order valence-corrected chi connectivity index (χ0v) is 13.2. The first-order valence-electron chi connectivity index (χ1n) is 7.56. The first-order valence-corrected chi connectivity index (χ1v) is 7.56. The molecule has 1 aromatic heterocycles. The second-order valence-corrected chi connectivity index (χ2v) is 5.29. The van der Waals surface area contributed by atoms with E-state index in [0.29, 0.717) is 6.04 Å². The van der Waals surface area contributed by atoms with Crippen molar-refractivity contribution in [1.82, 2.24) is 15.1 Å². The lowest BCUT2D eigenvalue weighted by Gasteiger charge is -2.18. The molecular formula is C17H25N3O. The minimum atomic E-state index is 0.485. The van der Waals surface area contributed by atoms with E-state index in [1.54, 1.807) is 7.11 Å². The molecule has 1 unspecified atom stereocenters. The average molecular weight is 287 g/mol. The van der Waals surface area contributed by atoms with Crippen LogP contribution in [0.3, 0.4) is 0 Å². The summed E-state index contributed by atoms with van der Waals surface area (Å²) >= 11 is 0. The van der Waals surface area contributed by atoms with Crippen LogP contribution in [0.25, 0.3) is 0 Å². The van der Waals surface area contributed by atoms with Crippen LogP contribution in [0.1, 0.15) is 24.6 Å². The molecule has 1 N–H and O–H groups in total. The number of benzene rings is 1. The molecule has 1 atom stereocenters. The van der Waals surface area contributed by atoms with Gasteiger partial charge in [0.1, 0.15) is 5.75 Å². The van der Waals surface area contributed by atoms with E-state index >= 15 is 0 Å². The molecular weight excluding hydrogens is 262 g/mol. The molecule has 0 aliphatic rings. The number of hydrogen-bond acceptors (Lipinski definition) is 3. The van der Waals surface area contributed by atoms with E-state index in [1.807, 2.05) is 30.1 Å². The van der Waals surface area contributed by atoms with E-state index in [4.69, 9.17) is 4.74 Å². The van der Waals surface area contributed by atoms with Gasteiger partial charge in [-0.3, -0.25) is 4.68 Å². The Labute approximate surface area is 127 Å². The lowest BCUT2D eigenvalue weighted by atomic mass is 10.0. The quantitative estimate of drug-likeness (QED) is 0.811. The molecule has 0 amide bonds. The number of rotatable bonds is 8. The zero-order valence-electron chi connectivity index (χ0n) is 13.2. The summed E-state index contributed by atoms with van der Waals surface area (Å²) < 4.78 is 7.16. The molecule has 0 saturated carbocycles. The number of nitrogens with zero attached hydrogens (tertiary/aromatic N) is 2. The number of ether oxygens (including phenoxy) is 1. The maximum absolute atomic E-state index is 5.21. The van der Waals surface area contributed by atoms with Crippen molar-refractivity contribution < 1.29 is 4.74 Å². The summed E-state index contributed by atoms with van der Waals surface area (Å²) in [5, 5.41) is 7.81. The Balaban J connectivity index is 1.93. The first kappa shape index (κ1) is 15.6. The maximum Gasteiger partial charge on any atom is 0.118 e. The smallest absolute Gasteiger partial charge is 0.118 e. The van der Waals surface area contributed by atoms with Crippen LogP contribution in [-0.4, -0.2) is 29.5 Å². The van der Waals surface area contributed by atoms with Crippen molar-refractivity contribution in [1.29, 1.82) is 0 Å². The highest BCUT2D eigenvalue weighted by atomic mass is 16.5. The van der Waals surface area contributed by atoms with E-state index in [0.717, 1.165) is 31.6 Å². The molecule has 0 aliphatic heterocycles. The fourth-order valence-electron chi connectivity index (χ4n) is 2.58. The fraction of sp³-hybridized carbons (Fsp3) is 0.471. The van der Waals surface area contributed by atoms with Gasteiger partial charge in [-0.15, -0.1) is 0 Å². The highest BCUT2D eigenvalue weighted by Crippen LogP contribution is 2.14. The molecule has 0 aliphatic carbocycles. The second-order valence-electron chi connectivity index (χ2n) is 5.29. The molecule has 114 valence electrons. The third-order valence-corrected chi connectivity index (χ3v) is 3.81. The monoisotopic (exact) mass is 287 g/mol. The van der Waals surface area contributed by atoms with Crippen molar-refractivity contribution >= 4 is 0 Å². The number of hydrogen-bond donors (Lipinski definition) is 1. The molecule has 0 radical (unpaired) electrons. The number of aromatic nitrogens is 2. The molecule has 1 heterocycles. The maximum atomic E-state index is 5.21. The molecule has 0 spiro atoms. The SMILES string of the molecule is CCNC(CCc1ccnn1C)Cc1ccc(OC)cc1. The standard InChI is InChI=1S/C17H25N3O/c1-4-18-15(7-8-16-11-12-19-20(16)2)13-14-5-9-17(21-3)10-6-14/h5-6,9-12,15,18H,4,7-8,13H2,1-3H3. The predicted molar refractivity (Wildman–Crippen MR) is 85.7 cm³/mol. The van der Waals surface area contributed by atoms with Gasteiger partial charge < -0.3 is 10.1 Å². The van der Waals surface area contributed by atoms with Crippen LogP contribution in [0.5, 0.6) is 5.75 Å². The highest BCUT2D eigenvalue weighted by Gasteiger charge is 2.10. The minimum absolute atomic E-state index is 0.485. The molecule has 1 aromatic carbocycles. The highest BCUT2D eigenvalue weighted by molar-refractivity contribution is 5.27. The molecule has 4 nitrogen and oxygen atoms in total.